The van der Waals surface area contributed by atoms with Gasteiger partial charge >= 0.3 is 0 Å². The summed E-state index contributed by atoms with van der Waals surface area (Å²) < 4.78 is 43.9. The van der Waals surface area contributed by atoms with Crippen LogP contribution in [0, 0.1) is 23.4 Å². The van der Waals surface area contributed by atoms with E-state index in [9.17, 15) is 13.2 Å². The highest BCUT2D eigenvalue weighted by atomic mass is 35.5. The Morgan fingerprint density at radius 2 is 1.87 bits per heavy atom. The van der Waals surface area contributed by atoms with Gasteiger partial charge in [-0.2, -0.15) is 0 Å². The van der Waals surface area contributed by atoms with E-state index < -0.39 is 28.2 Å². The van der Waals surface area contributed by atoms with Gasteiger partial charge < -0.3 is 4.74 Å². The van der Waals surface area contributed by atoms with Gasteiger partial charge in [0.15, 0.2) is 17.4 Å². The van der Waals surface area contributed by atoms with Crippen LogP contribution >= 0.6 is 11.6 Å². The molecule has 5 heteroatoms. The molecular formula is C10H10ClF3O. The Morgan fingerprint density at radius 3 is 2.40 bits per heavy atom. The number of halogens is 4. The second-order valence-corrected chi connectivity index (χ2v) is 3.88. The molecule has 0 bridgehead atoms. The quantitative estimate of drug-likeness (QED) is 0.575. The monoisotopic (exact) mass is 238 g/mol. The third kappa shape index (κ3) is 2.78. The Labute approximate surface area is 90.8 Å². The number of hydrogen-bond acceptors (Lipinski definition) is 1. The van der Waals surface area contributed by atoms with Gasteiger partial charge in [0.1, 0.15) is 10.8 Å². The van der Waals surface area contributed by atoms with Crippen molar-refractivity contribution in [1.29, 1.82) is 0 Å². The highest BCUT2D eigenvalue weighted by molar-refractivity contribution is 6.31. The summed E-state index contributed by atoms with van der Waals surface area (Å²) in [5.74, 6) is -3.95. The van der Waals surface area contributed by atoms with Gasteiger partial charge in [0.05, 0.1) is 6.61 Å². The molecule has 0 saturated carbocycles. The Hall–Kier alpha value is -0.900. The van der Waals surface area contributed by atoms with Crippen molar-refractivity contribution >= 4 is 11.6 Å². The average molecular weight is 239 g/mol. The zero-order chi connectivity index (χ0) is 11.6. The van der Waals surface area contributed by atoms with E-state index in [1.54, 1.807) is 0 Å². The van der Waals surface area contributed by atoms with Crippen molar-refractivity contribution < 1.29 is 17.9 Å². The summed E-state index contributed by atoms with van der Waals surface area (Å²) in [7, 11) is 0. The van der Waals surface area contributed by atoms with E-state index in [1.165, 1.54) is 0 Å². The lowest BCUT2D eigenvalue weighted by Gasteiger charge is -2.11. The molecule has 1 aromatic carbocycles. The van der Waals surface area contributed by atoms with Gasteiger partial charge in [-0.3, -0.25) is 0 Å². The number of rotatable bonds is 3. The summed E-state index contributed by atoms with van der Waals surface area (Å²) in [5.41, 5.74) is 0. The molecule has 0 heterocycles. The fourth-order valence-electron chi connectivity index (χ4n) is 0.932. The maximum absolute atomic E-state index is 13.2. The van der Waals surface area contributed by atoms with Crippen LogP contribution < -0.4 is 4.74 Å². The summed E-state index contributed by atoms with van der Waals surface area (Å²) in [6.07, 6.45) is 0. The normalized spacial score (nSPS) is 10.9. The summed E-state index contributed by atoms with van der Waals surface area (Å²) in [6.45, 7) is 3.78. The standard InChI is InChI=1S/C10H10ClF3O/c1-5(2)4-15-10-7(13)3-6(12)8(11)9(10)14/h3,5H,4H2,1-2H3. The first kappa shape index (κ1) is 12.2. The van der Waals surface area contributed by atoms with Gasteiger partial charge in [0.2, 0.25) is 0 Å². The summed E-state index contributed by atoms with van der Waals surface area (Å²) in [5, 5.41) is -0.754. The molecule has 0 fully saturated rings. The molecule has 0 unspecified atom stereocenters. The van der Waals surface area contributed by atoms with E-state index in [2.05, 4.69) is 0 Å². The van der Waals surface area contributed by atoms with Crippen LogP contribution in [0.15, 0.2) is 6.07 Å². The fourth-order valence-corrected chi connectivity index (χ4v) is 1.07. The zero-order valence-electron chi connectivity index (χ0n) is 8.28. The van der Waals surface area contributed by atoms with Gasteiger partial charge in [0, 0.05) is 6.07 Å². The minimum Gasteiger partial charge on any atom is -0.487 e. The van der Waals surface area contributed by atoms with E-state index in [1.807, 2.05) is 13.8 Å². The lowest BCUT2D eigenvalue weighted by atomic mass is 10.2. The van der Waals surface area contributed by atoms with Crippen LogP contribution in [-0.2, 0) is 0 Å². The first-order valence-corrected chi connectivity index (χ1v) is 4.77. The van der Waals surface area contributed by atoms with Crippen molar-refractivity contribution in [2.75, 3.05) is 6.61 Å². The van der Waals surface area contributed by atoms with Crippen molar-refractivity contribution in [2.24, 2.45) is 5.92 Å². The molecule has 0 spiro atoms. The van der Waals surface area contributed by atoms with Gasteiger partial charge in [-0.1, -0.05) is 25.4 Å². The Bertz CT molecular complexity index is 366. The molecule has 1 nitrogen and oxygen atoms in total. The van der Waals surface area contributed by atoms with E-state index in [0.717, 1.165) is 0 Å². The van der Waals surface area contributed by atoms with E-state index in [4.69, 9.17) is 16.3 Å². The number of hydrogen-bond donors (Lipinski definition) is 0. The largest absolute Gasteiger partial charge is 0.487 e. The molecule has 0 aliphatic rings. The maximum atomic E-state index is 13.2. The number of benzene rings is 1. The van der Waals surface area contributed by atoms with Crippen LogP contribution in [0.1, 0.15) is 13.8 Å². The molecule has 0 radical (unpaired) electrons. The second kappa shape index (κ2) is 4.75. The van der Waals surface area contributed by atoms with Crippen LogP contribution in [0.5, 0.6) is 5.75 Å². The van der Waals surface area contributed by atoms with Gasteiger partial charge in [-0.05, 0) is 5.92 Å². The SMILES string of the molecule is CC(C)COc1c(F)cc(F)c(Cl)c1F. The molecule has 0 aliphatic carbocycles. The molecular weight excluding hydrogens is 229 g/mol. The first-order chi connectivity index (χ1) is 6.93. The molecule has 1 aromatic rings. The van der Waals surface area contributed by atoms with Gasteiger partial charge in [0.25, 0.3) is 0 Å². The van der Waals surface area contributed by atoms with Crippen LogP contribution in [0.4, 0.5) is 13.2 Å². The first-order valence-electron chi connectivity index (χ1n) is 4.39. The minimum absolute atomic E-state index is 0.104. The predicted molar refractivity (Wildman–Crippen MR) is 51.7 cm³/mol. The zero-order valence-corrected chi connectivity index (χ0v) is 9.04. The second-order valence-electron chi connectivity index (χ2n) is 3.50. The van der Waals surface area contributed by atoms with Crippen molar-refractivity contribution in [3.8, 4) is 5.75 Å². The highest BCUT2D eigenvalue weighted by Gasteiger charge is 2.18. The molecule has 0 aliphatic heterocycles. The summed E-state index contributed by atoms with van der Waals surface area (Å²) in [4.78, 5) is 0. The average Bonchev–Trinajstić information content (AvgIpc) is 2.14. The molecule has 15 heavy (non-hydrogen) atoms. The molecule has 0 amide bonds. The third-order valence-corrected chi connectivity index (χ3v) is 1.98. The van der Waals surface area contributed by atoms with Gasteiger partial charge in [-0.25, -0.2) is 13.2 Å². The Balaban J connectivity index is 3.02. The van der Waals surface area contributed by atoms with Crippen LogP contribution in [0.2, 0.25) is 5.02 Å². The molecule has 1 rings (SSSR count). The Kier molecular flexibility index (Phi) is 3.85. The molecule has 0 aromatic heterocycles. The maximum Gasteiger partial charge on any atom is 0.192 e. The lowest BCUT2D eigenvalue weighted by Crippen LogP contribution is -2.08. The smallest absolute Gasteiger partial charge is 0.192 e. The van der Waals surface area contributed by atoms with Crippen LogP contribution in [0.3, 0.4) is 0 Å². The van der Waals surface area contributed by atoms with Crippen molar-refractivity contribution in [2.45, 2.75) is 13.8 Å². The topological polar surface area (TPSA) is 9.23 Å². The van der Waals surface area contributed by atoms with Gasteiger partial charge in [-0.15, -0.1) is 0 Å². The van der Waals surface area contributed by atoms with E-state index in [0.29, 0.717) is 6.07 Å². The molecule has 0 saturated heterocycles. The van der Waals surface area contributed by atoms with Crippen LogP contribution in [-0.4, -0.2) is 6.61 Å². The van der Waals surface area contributed by atoms with Crippen molar-refractivity contribution in [3.63, 3.8) is 0 Å². The van der Waals surface area contributed by atoms with Crippen LogP contribution in [0.25, 0.3) is 0 Å². The third-order valence-electron chi connectivity index (χ3n) is 1.63. The molecule has 84 valence electrons. The van der Waals surface area contributed by atoms with E-state index >= 15 is 0 Å². The highest BCUT2D eigenvalue weighted by Crippen LogP contribution is 2.30. The summed E-state index contributed by atoms with van der Waals surface area (Å²) >= 11 is 5.27. The lowest BCUT2D eigenvalue weighted by molar-refractivity contribution is 0.246. The van der Waals surface area contributed by atoms with Crippen molar-refractivity contribution in [1.82, 2.24) is 0 Å². The molecule has 0 N–H and O–H groups in total. The van der Waals surface area contributed by atoms with E-state index in [-0.39, 0.29) is 12.5 Å². The predicted octanol–water partition coefficient (Wildman–Crippen LogP) is 3.79. The fraction of sp³-hybridized carbons (Fsp3) is 0.400. The number of ether oxygens (including phenoxy) is 1. The molecule has 0 atom stereocenters. The minimum atomic E-state index is -1.20. The summed E-state index contributed by atoms with van der Waals surface area (Å²) in [6, 6.07) is 0.501. The van der Waals surface area contributed by atoms with Crippen molar-refractivity contribution in [3.05, 3.63) is 28.5 Å². The Morgan fingerprint density at radius 1 is 1.27 bits per heavy atom.